The molecule has 0 atom stereocenters. The van der Waals surface area contributed by atoms with Crippen LogP contribution in [0.15, 0.2) is 22.6 Å². The zero-order valence-electron chi connectivity index (χ0n) is 10.8. The van der Waals surface area contributed by atoms with Gasteiger partial charge >= 0.3 is 12.1 Å². The van der Waals surface area contributed by atoms with Crippen molar-refractivity contribution in [2.24, 2.45) is 5.73 Å². The molecule has 0 aliphatic carbocycles. The van der Waals surface area contributed by atoms with E-state index in [9.17, 15) is 18.0 Å². The fraction of sp³-hybridized carbons (Fsp3) is 0.250. The molecule has 1 aromatic carbocycles. The minimum Gasteiger partial charge on any atom is -0.420 e. The number of alkyl halides is 3. The minimum absolute atomic E-state index is 0.0365. The molecule has 0 radical (unpaired) electrons. The van der Waals surface area contributed by atoms with E-state index >= 15 is 0 Å². The Hall–Kier alpha value is -2.42. The number of aromatic nitrogens is 2. The fourth-order valence-electron chi connectivity index (χ4n) is 1.56. The average Bonchev–Trinajstić information content (AvgIpc) is 2.88. The average molecular weight is 301 g/mol. The lowest BCUT2D eigenvalue weighted by atomic mass is 10.1. The molecule has 0 unspecified atom stereocenters. The Bertz CT molecular complexity index is 667. The molecule has 0 spiro atoms. The predicted octanol–water partition coefficient (Wildman–Crippen LogP) is 1.97. The van der Waals surface area contributed by atoms with Crippen molar-refractivity contribution in [3.05, 3.63) is 29.7 Å². The Morgan fingerprint density at radius 3 is 2.67 bits per heavy atom. The highest BCUT2D eigenvalue weighted by atomic mass is 19.4. The van der Waals surface area contributed by atoms with Gasteiger partial charge in [0.05, 0.1) is 6.54 Å². The van der Waals surface area contributed by atoms with Gasteiger partial charge in [-0.15, -0.1) is 10.2 Å². The first kappa shape index (κ1) is 15.0. The number of hydrogen-bond donors (Lipinski definition) is 1. The normalized spacial score (nSPS) is 11.5. The van der Waals surface area contributed by atoms with Crippen molar-refractivity contribution in [3.8, 4) is 17.2 Å². The Kier molecular flexibility index (Phi) is 3.94. The summed E-state index contributed by atoms with van der Waals surface area (Å²) in [6.45, 7) is 1.51. The fourth-order valence-corrected chi connectivity index (χ4v) is 1.56. The molecule has 21 heavy (non-hydrogen) atoms. The van der Waals surface area contributed by atoms with Crippen molar-refractivity contribution in [3.63, 3.8) is 0 Å². The van der Waals surface area contributed by atoms with Crippen LogP contribution in [0.2, 0.25) is 0 Å². The maximum atomic E-state index is 12.2. The lowest BCUT2D eigenvalue weighted by Gasteiger charge is -2.10. The zero-order chi connectivity index (χ0) is 15.6. The number of carbonyl (C=O) groups excluding carboxylic acids is 1. The summed E-state index contributed by atoms with van der Waals surface area (Å²) in [5.74, 6) is -2.27. The van der Waals surface area contributed by atoms with Gasteiger partial charge in [0, 0.05) is 11.1 Å². The van der Waals surface area contributed by atoms with E-state index in [0.29, 0.717) is 5.56 Å². The molecule has 6 nitrogen and oxygen atoms in total. The molecule has 1 aromatic heterocycles. The molecule has 1 heterocycles. The van der Waals surface area contributed by atoms with Crippen LogP contribution in [0, 0.1) is 6.92 Å². The number of halogens is 3. The van der Waals surface area contributed by atoms with Crippen LogP contribution < -0.4 is 10.5 Å². The highest BCUT2D eigenvalue weighted by molar-refractivity contribution is 5.79. The Balaban J connectivity index is 2.34. The lowest BCUT2D eigenvalue weighted by molar-refractivity contribution is -0.189. The van der Waals surface area contributed by atoms with Crippen molar-refractivity contribution in [1.82, 2.24) is 10.2 Å². The third-order valence-corrected chi connectivity index (χ3v) is 2.59. The van der Waals surface area contributed by atoms with Gasteiger partial charge in [-0.05, 0) is 19.1 Å². The third kappa shape index (κ3) is 3.19. The van der Waals surface area contributed by atoms with Crippen LogP contribution in [0.1, 0.15) is 11.5 Å². The second-order valence-electron chi connectivity index (χ2n) is 4.02. The first-order valence-corrected chi connectivity index (χ1v) is 5.74. The van der Waals surface area contributed by atoms with E-state index in [2.05, 4.69) is 14.9 Å². The van der Waals surface area contributed by atoms with Crippen LogP contribution in [0.4, 0.5) is 13.2 Å². The summed E-state index contributed by atoms with van der Waals surface area (Å²) < 4.78 is 46.2. The third-order valence-electron chi connectivity index (χ3n) is 2.59. The highest BCUT2D eigenvalue weighted by Gasteiger charge is 2.41. The van der Waals surface area contributed by atoms with Crippen molar-refractivity contribution in [2.45, 2.75) is 19.6 Å². The molecule has 2 rings (SSSR count). The minimum atomic E-state index is -5.07. The molecule has 112 valence electrons. The molecule has 0 saturated heterocycles. The summed E-state index contributed by atoms with van der Waals surface area (Å²) in [7, 11) is 0. The van der Waals surface area contributed by atoms with Gasteiger partial charge in [0.2, 0.25) is 11.8 Å². The van der Waals surface area contributed by atoms with Crippen LogP contribution >= 0.6 is 0 Å². The van der Waals surface area contributed by atoms with E-state index in [1.807, 2.05) is 0 Å². The van der Waals surface area contributed by atoms with Gasteiger partial charge in [-0.2, -0.15) is 13.2 Å². The molecule has 0 amide bonds. The second kappa shape index (κ2) is 5.52. The number of nitrogens with two attached hydrogens (primary N) is 1. The highest BCUT2D eigenvalue weighted by Crippen LogP contribution is 2.30. The van der Waals surface area contributed by atoms with E-state index in [1.54, 1.807) is 6.07 Å². The van der Waals surface area contributed by atoms with E-state index in [-0.39, 0.29) is 29.6 Å². The molecular formula is C12H10F3N3O3. The summed E-state index contributed by atoms with van der Waals surface area (Å²) in [5.41, 5.74) is 5.95. The van der Waals surface area contributed by atoms with Gasteiger partial charge in [-0.25, -0.2) is 4.79 Å². The van der Waals surface area contributed by atoms with Gasteiger partial charge in [-0.3, -0.25) is 0 Å². The summed E-state index contributed by atoms with van der Waals surface area (Å²) in [4.78, 5) is 10.9. The number of benzene rings is 1. The molecular weight excluding hydrogens is 291 g/mol. The van der Waals surface area contributed by atoms with Crippen molar-refractivity contribution in [2.75, 3.05) is 0 Å². The number of hydrogen-bond acceptors (Lipinski definition) is 6. The van der Waals surface area contributed by atoms with Crippen LogP contribution in [0.3, 0.4) is 0 Å². The smallest absolute Gasteiger partial charge is 0.420 e. The first-order valence-electron chi connectivity index (χ1n) is 5.74. The van der Waals surface area contributed by atoms with Gasteiger partial charge < -0.3 is 14.9 Å². The standard InChI is InChI=1S/C12H10F3N3O3/c1-6-7(10-18-17-9(5-16)21-10)3-2-4-8(6)20-11(19)12(13,14)15/h2-4H,5,16H2,1H3. The van der Waals surface area contributed by atoms with Crippen LogP contribution in [0.5, 0.6) is 5.75 Å². The number of rotatable bonds is 3. The van der Waals surface area contributed by atoms with Crippen LogP contribution in [-0.2, 0) is 11.3 Å². The summed E-state index contributed by atoms with van der Waals surface area (Å²) >= 11 is 0. The van der Waals surface area contributed by atoms with E-state index in [0.717, 1.165) is 0 Å². The Labute approximate surface area is 116 Å². The summed E-state index contributed by atoms with van der Waals surface area (Å²) in [6, 6.07) is 4.20. The molecule has 0 saturated carbocycles. The second-order valence-corrected chi connectivity index (χ2v) is 4.02. The van der Waals surface area contributed by atoms with Crippen LogP contribution in [-0.4, -0.2) is 22.3 Å². The van der Waals surface area contributed by atoms with Crippen LogP contribution in [0.25, 0.3) is 11.5 Å². The molecule has 0 fully saturated rings. The van der Waals surface area contributed by atoms with E-state index in [4.69, 9.17) is 10.2 Å². The Morgan fingerprint density at radius 1 is 1.38 bits per heavy atom. The molecule has 0 aliphatic heterocycles. The largest absolute Gasteiger partial charge is 0.491 e. The van der Waals surface area contributed by atoms with E-state index < -0.39 is 12.1 Å². The monoisotopic (exact) mass is 301 g/mol. The molecule has 9 heteroatoms. The molecule has 2 N–H and O–H groups in total. The summed E-state index contributed by atoms with van der Waals surface area (Å²) in [5, 5.41) is 7.38. The van der Waals surface area contributed by atoms with Crippen molar-refractivity contribution < 1.29 is 27.1 Å². The van der Waals surface area contributed by atoms with E-state index in [1.165, 1.54) is 19.1 Å². The lowest BCUT2D eigenvalue weighted by Crippen LogP contribution is -2.28. The number of carbonyl (C=O) groups is 1. The maximum Gasteiger partial charge on any atom is 0.491 e. The molecule has 0 bridgehead atoms. The topological polar surface area (TPSA) is 91.2 Å². The molecule has 2 aromatic rings. The maximum absolute atomic E-state index is 12.2. The van der Waals surface area contributed by atoms with Gasteiger partial charge in [-0.1, -0.05) is 6.07 Å². The summed E-state index contributed by atoms with van der Waals surface area (Å²) in [6.07, 6.45) is -5.07. The SMILES string of the molecule is Cc1c(OC(=O)C(F)(F)F)cccc1-c1nnc(CN)o1. The first-order chi connectivity index (χ1) is 9.82. The van der Waals surface area contributed by atoms with Crippen molar-refractivity contribution in [1.29, 1.82) is 0 Å². The quantitative estimate of drug-likeness (QED) is 0.688. The number of ether oxygens (including phenoxy) is 1. The predicted molar refractivity (Wildman–Crippen MR) is 64.1 cm³/mol. The number of nitrogens with zero attached hydrogens (tertiary/aromatic N) is 2. The van der Waals surface area contributed by atoms with Gasteiger partial charge in [0.15, 0.2) is 0 Å². The van der Waals surface area contributed by atoms with Crippen molar-refractivity contribution >= 4 is 5.97 Å². The zero-order valence-corrected chi connectivity index (χ0v) is 10.8. The Morgan fingerprint density at radius 2 is 2.10 bits per heavy atom. The number of esters is 1. The van der Waals surface area contributed by atoms with Gasteiger partial charge in [0.25, 0.3) is 0 Å². The molecule has 0 aliphatic rings. The van der Waals surface area contributed by atoms with Gasteiger partial charge in [0.1, 0.15) is 5.75 Å².